The highest BCUT2D eigenvalue weighted by Gasteiger charge is 2.07. The molecule has 0 spiro atoms. The third-order valence-electron chi connectivity index (χ3n) is 2.62. The number of nitrogens with one attached hydrogen (secondary N) is 1. The Morgan fingerprint density at radius 2 is 2.12 bits per heavy atom. The number of aryl methyl sites for hydroxylation is 1. The Bertz CT molecular complexity index is 561. The van der Waals surface area contributed by atoms with Crippen LogP contribution in [0.4, 0.5) is 0 Å². The average Bonchev–Trinajstić information content (AvgIpc) is 2.29. The maximum atomic E-state index is 7.91. The first kappa shape index (κ1) is 12.1. The van der Waals surface area contributed by atoms with E-state index in [0.717, 1.165) is 15.8 Å². The molecule has 0 atom stereocenters. The Kier molecular flexibility index (Phi) is 3.48. The Balaban J connectivity index is 2.40. The lowest BCUT2D eigenvalue weighted by molar-refractivity contribution is 0.894. The molecule has 0 saturated heterocycles. The molecule has 1 heterocycles. The number of hydrogen-bond donors (Lipinski definition) is 1. The van der Waals surface area contributed by atoms with Crippen molar-refractivity contribution < 1.29 is 0 Å². The molecule has 2 rings (SSSR count). The molecule has 2 aromatic rings. The molecule has 0 fully saturated rings. The van der Waals surface area contributed by atoms with Crippen molar-refractivity contribution in [1.29, 1.82) is 5.41 Å². The lowest BCUT2D eigenvalue weighted by atomic mass is 10.1. The van der Waals surface area contributed by atoms with Crippen molar-refractivity contribution in [3.63, 3.8) is 0 Å². The summed E-state index contributed by atoms with van der Waals surface area (Å²) in [4.78, 5) is 5.50. The molecule has 0 radical (unpaired) electrons. The second kappa shape index (κ2) is 4.88. The summed E-state index contributed by atoms with van der Waals surface area (Å²) >= 11 is 1.54. The molecule has 0 unspecified atom stereocenters. The first-order valence-electron chi connectivity index (χ1n) is 5.69. The topological polar surface area (TPSA) is 36.7 Å². The monoisotopic (exact) mass is 244 g/mol. The molecule has 1 N–H and O–H groups in total. The van der Waals surface area contributed by atoms with E-state index in [9.17, 15) is 0 Å². The first-order chi connectivity index (χ1) is 8.08. The van der Waals surface area contributed by atoms with Crippen LogP contribution in [0, 0.1) is 18.3 Å². The smallest absolute Gasteiger partial charge is 0.0731 e. The molecule has 1 aromatic carbocycles. The zero-order chi connectivity index (χ0) is 12.4. The zero-order valence-corrected chi connectivity index (χ0v) is 11.1. The van der Waals surface area contributed by atoms with Gasteiger partial charge in [-0.15, -0.1) is 0 Å². The van der Waals surface area contributed by atoms with Crippen LogP contribution in [0.3, 0.4) is 0 Å². The van der Waals surface area contributed by atoms with Gasteiger partial charge in [-0.25, -0.2) is 0 Å². The van der Waals surface area contributed by atoms with Crippen LogP contribution in [-0.4, -0.2) is 10.0 Å². The number of pyridine rings is 1. The van der Waals surface area contributed by atoms with E-state index in [-0.39, 0.29) is 5.92 Å². The quantitative estimate of drug-likeness (QED) is 0.486. The van der Waals surface area contributed by atoms with E-state index in [4.69, 9.17) is 5.41 Å². The molecule has 0 aliphatic carbocycles. The number of aromatic nitrogens is 1. The predicted molar refractivity (Wildman–Crippen MR) is 74.9 cm³/mol. The third-order valence-corrected chi connectivity index (χ3v) is 3.78. The van der Waals surface area contributed by atoms with Gasteiger partial charge in [0.05, 0.1) is 10.6 Å². The number of fused-ring (bicyclic) bond motifs is 1. The number of thioether (sulfide) groups is 1. The minimum absolute atomic E-state index is 0.282. The van der Waals surface area contributed by atoms with Crippen LogP contribution in [0.25, 0.3) is 10.9 Å². The van der Waals surface area contributed by atoms with Gasteiger partial charge >= 0.3 is 0 Å². The van der Waals surface area contributed by atoms with Crippen LogP contribution in [0.15, 0.2) is 35.4 Å². The van der Waals surface area contributed by atoms with Gasteiger partial charge < -0.3 is 0 Å². The van der Waals surface area contributed by atoms with Gasteiger partial charge in [-0.2, -0.15) is 0 Å². The van der Waals surface area contributed by atoms with Crippen LogP contribution in [0.5, 0.6) is 0 Å². The maximum absolute atomic E-state index is 7.91. The van der Waals surface area contributed by atoms with Gasteiger partial charge in [0.2, 0.25) is 0 Å². The minimum Gasteiger partial charge on any atom is -0.298 e. The third kappa shape index (κ3) is 2.67. The summed E-state index contributed by atoms with van der Waals surface area (Å²) in [5.74, 6) is 0.282. The predicted octanol–water partition coefficient (Wildman–Crippen LogP) is 4.27. The molecule has 3 heteroatoms. The van der Waals surface area contributed by atoms with Crippen LogP contribution in [0.2, 0.25) is 0 Å². The van der Waals surface area contributed by atoms with Gasteiger partial charge in [0.15, 0.2) is 0 Å². The number of nitrogens with zero attached hydrogens (tertiary/aromatic N) is 1. The fourth-order valence-corrected chi connectivity index (χ4v) is 2.56. The van der Waals surface area contributed by atoms with E-state index >= 15 is 0 Å². The van der Waals surface area contributed by atoms with Crippen LogP contribution in [0.1, 0.15) is 19.4 Å². The SMILES string of the molecule is Cc1cc(SC(=N)C(C)C)cc2cccnc12. The van der Waals surface area contributed by atoms with E-state index in [1.165, 1.54) is 17.3 Å². The maximum Gasteiger partial charge on any atom is 0.0731 e. The summed E-state index contributed by atoms with van der Waals surface area (Å²) in [5.41, 5.74) is 2.22. The standard InChI is InChI=1S/C14H16N2S/c1-9(2)14(15)17-12-7-10(3)13-11(8-12)5-4-6-16-13/h4-9,15H,1-3H3. The van der Waals surface area contributed by atoms with E-state index in [1.807, 2.05) is 26.1 Å². The minimum atomic E-state index is 0.282. The van der Waals surface area contributed by atoms with E-state index in [2.05, 4.69) is 30.1 Å². The lowest BCUT2D eigenvalue weighted by Gasteiger charge is -2.09. The van der Waals surface area contributed by atoms with Crippen molar-refractivity contribution in [3.8, 4) is 0 Å². The molecule has 0 saturated carbocycles. The van der Waals surface area contributed by atoms with Gasteiger partial charge in [0.25, 0.3) is 0 Å². The van der Waals surface area contributed by atoms with E-state index in [0.29, 0.717) is 5.04 Å². The van der Waals surface area contributed by atoms with Gasteiger partial charge in [0.1, 0.15) is 0 Å². The van der Waals surface area contributed by atoms with Gasteiger partial charge in [-0.05, 0) is 30.7 Å². The van der Waals surface area contributed by atoms with Gasteiger partial charge in [0, 0.05) is 22.4 Å². The van der Waals surface area contributed by atoms with Crippen molar-refractivity contribution in [2.75, 3.05) is 0 Å². The molecule has 88 valence electrons. The molecule has 0 amide bonds. The normalized spacial score (nSPS) is 11.1. The van der Waals surface area contributed by atoms with Crippen molar-refractivity contribution in [2.45, 2.75) is 25.7 Å². The summed E-state index contributed by atoms with van der Waals surface area (Å²) in [6, 6.07) is 8.23. The van der Waals surface area contributed by atoms with Gasteiger partial charge in [-0.3, -0.25) is 10.4 Å². The highest BCUT2D eigenvalue weighted by atomic mass is 32.2. The summed E-state index contributed by atoms with van der Waals surface area (Å²) in [6.07, 6.45) is 1.82. The van der Waals surface area contributed by atoms with Crippen molar-refractivity contribution in [3.05, 3.63) is 36.0 Å². The molecule has 17 heavy (non-hydrogen) atoms. The Labute approximate surface area is 106 Å². The highest BCUT2D eigenvalue weighted by Crippen LogP contribution is 2.27. The largest absolute Gasteiger partial charge is 0.298 e. The first-order valence-corrected chi connectivity index (χ1v) is 6.51. The number of hydrogen-bond acceptors (Lipinski definition) is 3. The van der Waals surface area contributed by atoms with E-state index in [1.54, 1.807) is 0 Å². The zero-order valence-electron chi connectivity index (χ0n) is 10.3. The number of rotatable bonds is 2. The Morgan fingerprint density at radius 1 is 1.35 bits per heavy atom. The molecule has 0 aliphatic heterocycles. The fraction of sp³-hybridized carbons (Fsp3) is 0.286. The van der Waals surface area contributed by atoms with Crippen molar-refractivity contribution in [1.82, 2.24) is 4.98 Å². The molecule has 0 bridgehead atoms. The van der Waals surface area contributed by atoms with E-state index < -0.39 is 0 Å². The molecule has 2 nitrogen and oxygen atoms in total. The van der Waals surface area contributed by atoms with Gasteiger partial charge in [-0.1, -0.05) is 31.7 Å². The summed E-state index contributed by atoms with van der Waals surface area (Å²) < 4.78 is 0. The Morgan fingerprint density at radius 3 is 2.82 bits per heavy atom. The van der Waals surface area contributed by atoms with Crippen LogP contribution in [-0.2, 0) is 0 Å². The Hall–Kier alpha value is -1.35. The molecular weight excluding hydrogens is 228 g/mol. The molecule has 0 aliphatic rings. The van der Waals surface area contributed by atoms with Crippen molar-refractivity contribution >= 4 is 27.7 Å². The highest BCUT2D eigenvalue weighted by molar-refractivity contribution is 8.13. The number of benzene rings is 1. The summed E-state index contributed by atoms with van der Waals surface area (Å²) in [7, 11) is 0. The summed E-state index contributed by atoms with van der Waals surface area (Å²) in [5, 5.41) is 9.75. The molecule has 1 aromatic heterocycles. The molecular formula is C14H16N2S. The second-order valence-electron chi connectivity index (χ2n) is 4.44. The van der Waals surface area contributed by atoms with Crippen LogP contribution >= 0.6 is 11.8 Å². The van der Waals surface area contributed by atoms with Crippen LogP contribution < -0.4 is 0 Å². The summed E-state index contributed by atoms with van der Waals surface area (Å²) in [6.45, 7) is 6.16. The fourth-order valence-electron chi connectivity index (χ4n) is 1.64. The lowest BCUT2D eigenvalue weighted by Crippen LogP contribution is -2.00. The second-order valence-corrected chi connectivity index (χ2v) is 5.55. The van der Waals surface area contributed by atoms with Crippen molar-refractivity contribution in [2.24, 2.45) is 5.92 Å². The average molecular weight is 244 g/mol.